The predicted octanol–water partition coefficient (Wildman–Crippen LogP) is 6.22. The van der Waals surface area contributed by atoms with Gasteiger partial charge in [-0.1, -0.05) is 86.2 Å². The van der Waals surface area contributed by atoms with Crippen LogP contribution in [0, 0.1) is 0 Å². The normalized spacial score (nSPS) is 15.7. The molecular weight excluding hydrogens is 397 g/mol. The van der Waals surface area contributed by atoms with Crippen molar-refractivity contribution in [2.75, 3.05) is 6.61 Å². The van der Waals surface area contributed by atoms with Crippen LogP contribution in [0.4, 0.5) is 0 Å². The zero-order valence-electron chi connectivity index (χ0n) is 14.1. The monoisotopic (exact) mass is 417 g/mol. The summed E-state index contributed by atoms with van der Waals surface area (Å²) in [7, 11) is 0. The number of nitrogens with one attached hydrogen (secondary N) is 1. The highest BCUT2D eigenvalue weighted by Crippen LogP contribution is 2.36. The quantitative estimate of drug-likeness (QED) is 0.293. The zero-order chi connectivity index (χ0) is 18.2. The SMILES string of the molecule is CCCCCCCCOc1c(Cl)cc(/C=C2/SC(=S)NC2=O)cc1Cl. The van der Waals surface area contributed by atoms with Gasteiger partial charge in [0.05, 0.1) is 21.6 Å². The van der Waals surface area contributed by atoms with Gasteiger partial charge in [0.1, 0.15) is 4.32 Å². The highest BCUT2D eigenvalue weighted by molar-refractivity contribution is 8.26. The molecule has 1 saturated heterocycles. The number of unbranched alkanes of at least 4 members (excludes halogenated alkanes) is 5. The van der Waals surface area contributed by atoms with Gasteiger partial charge in [0, 0.05) is 0 Å². The Hall–Kier alpha value is -0.750. The summed E-state index contributed by atoms with van der Waals surface area (Å²) in [4.78, 5) is 12.2. The van der Waals surface area contributed by atoms with Crippen LogP contribution in [0.15, 0.2) is 17.0 Å². The maximum atomic E-state index is 11.7. The van der Waals surface area contributed by atoms with Crippen molar-refractivity contribution in [3.05, 3.63) is 32.6 Å². The Bertz CT molecular complexity index is 654. The van der Waals surface area contributed by atoms with Crippen molar-refractivity contribution in [2.45, 2.75) is 45.4 Å². The standard InChI is InChI=1S/C18H21Cl2NO2S2/c1-2-3-4-5-6-7-8-23-16-13(19)9-12(10-14(16)20)11-15-17(22)21-18(24)25-15/h9-11H,2-8H2,1H3,(H,21,22,24)/b15-11+. The maximum absolute atomic E-state index is 11.7. The molecule has 0 aromatic heterocycles. The molecule has 136 valence electrons. The molecule has 1 heterocycles. The third kappa shape index (κ3) is 6.48. The first kappa shape index (κ1) is 20.6. The number of ether oxygens (including phenoxy) is 1. The fraction of sp³-hybridized carbons (Fsp3) is 0.444. The third-order valence-electron chi connectivity index (χ3n) is 3.70. The Morgan fingerprint density at radius 3 is 2.40 bits per heavy atom. The average molecular weight is 418 g/mol. The van der Waals surface area contributed by atoms with Crippen LogP contribution in [0.25, 0.3) is 6.08 Å². The number of halogens is 2. The van der Waals surface area contributed by atoms with Crippen LogP contribution in [-0.2, 0) is 4.79 Å². The van der Waals surface area contributed by atoms with Crippen LogP contribution in [0.1, 0.15) is 51.0 Å². The fourth-order valence-corrected chi connectivity index (χ4v) is 4.09. The minimum absolute atomic E-state index is 0.203. The van der Waals surface area contributed by atoms with Crippen LogP contribution in [-0.4, -0.2) is 16.8 Å². The molecule has 0 unspecified atom stereocenters. The number of hydrogen-bond acceptors (Lipinski definition) is 4. The van der Waals surface area contributed by atoms with Crippen molar-refractivity contribution in [3.8, 4) is 5.75 Å². The largest absolute Gasteiger partial charge is 0.490 e. The number of hydrogen-bond donors (Lipinski definition) is 1. The Morgan fingerprint density at radius 2 is 1.80 bits per heavy atom. The second-order valence-corrected chi connectivity index (χ2v) is 8.32. The number of thioether (sulfide) groups is 1. The van der Waals surface area contributed by atoms with Gasteiger partial charge in [0.2, 0.25) is 0 Å². The van der Waals surface area contributed by atoms with E-state index in [1.807, 2.05) is 0 Å². The lowest BCUT2D eigenvalue weighted by atomic mass is 10.1. The predicted molar refractivity (Wildman–Crippen MR) is 112 cm³/mol. The van der Waals surface area contributed by atoms with E-state index in [4.69, 9.17) is 40.2 Å². The summed E-state index contributed by atoms with van der Waals surface area (Å²) < 4.78 is 6.20. The Balaban J connectivity index is 1.92. The molecule has 1 aliphatic heterocycles. The van der Waals surface area contributed by atoms with Gasteiger partial charge in [0.25, 0.3) is 5.91 Å². The van der Waals surface area contributed by atoms with Crippen molar-refractivity contribution in [1.82, 2.24) is 5.32 Å². The molecule has 0 saturated carbocycles. The Morgan fingerprint density at radius 1 is 1.16 bits per heavy atom. The van der Waals surface area contributed by atoms with E-state index in [1.165, 1.54) is 37.4 Å². The van der Waals surface area contributed by atoms with Gasteiger partial charge in [-0.05, 0) is 30.2 Å². The molecule has 0 spiro atoms. The second-order valence-electron chi connectivity index (χ2n) is 5.78. The molecule has 3 nitrogen and oxygen atoms in total. The van der Waals surface area contributed by atoms with E-state index < -0.39 is 0 Å². The summed E-state index contributed by atoms with van der Waals surface area (Å²) in [6.07, 6.45) is 8.88. The van der Waals surface area contributed by atoms with E-state index in [0.29, 0.717) is 31.6 Å². The molecule has 0 radical (unpaired) electrons. The van der Waals surface area contributed by atoms with Gasteiger partial charge in [-0.15, -0.1) is 0 Å². The van der Waals surface area contributed by atoms with Crippen LogP contribution in [0.3, 0.4) is 0 Å². The van der Waals surface area contributed by atoms with Crippen LogP contribution < -0.4 is 10.1 Å². The minimum atomic E-state index is -0.203. The van der Waals surface area contributed by atoms with E-state index in [0.717, 1.165) is 18.4 Å². The number of carbonyl (C=O) groups is 1. The highest BCUT2D eigenvalue weighted by atomic mass is 35.5. The molecule has 25 heavy (non-hydrogen) atoms. The fourth-order valence-electron chi connectivity index (χ4n) is 2.43. The topological polar surface area (TPSA) is 38.3 Å². The lowest BCUT2D eigenvalue weighted by Crippen LogP contribution is -2.17. The lowest BCUT2D eigenvalue weighted by molar-refractivity contribution is -0.115. The van der Waals surface area contributed by atoms with Gasteiger partial charge in [0.15, 0.2) is 5.75 Å². The molecule has 0 bridgehead atoms. The molecular formula is C18H21Cl2NO2S2. The molecule has 0 atom stereocenters. The number of amides is 1. The number of rotatable bonds is 9. The van der Waals surface area contributed by atoms with E-state index in [1.54, 1.807) is 18.2 Å². The van der Waals surface area contributed by atoms with E-state index in [2.05, 4.69) is 12.2 Å². The van der Waals surface area contributed by atoms with Crippen LogP contribution in [0.5, 0.6) is 5.75 Å². The summed E-state index contributed by atoms with van der Waals surface area (Å²) in [5.74, 6) is 0.295. The first-order valence-corrected chi connectivity index (χ1v) is 10.4. The van der Waals surface area contributed by atoms with Crippen molar-refractivity contribution >= 4 is 63.5 Å². The van der Waals surface area contributed by atoms with Gasteiger partial charge < -0.3 is 10.1 Å². The second kappa shape index (κ2) is 10.4. The van der Waals surface area contributed by atoms with Crippen LogP contribution in [0.2, 0.25) is 10.0 Å². The zero-order valence-corrected chi connectivity index (χ0v) is 17.2. The molecule has 1 N–H and O–H groups in total. The van der Waals surface area contributed by atoms with Crippen molar-refractivity contribution < 1.29 is 9.53 Å². The molecule has 1 aliphatic rings. The first-order chi connectivity index (χ1) is 12.0. The summed E-state index contributed by atoms with van der Waals surface area (Å²) >= 11 is 18.8. The summed E-state index contributed by atoms with van der Waals surface area (Å²) in [6.45, 7) is 2.80. The lowest BCUT2D eigenvalue weighted by Gasteiger charge is -2.11. The van der Waals surface area contributed by atoms with E-state index in [-0.39, 0.29) is 5.91 Å². The Labute approximate surface area is 168 Å². The molecule has 1 aromatic rings. The first-order valence-electron chi connectivity index (χ1n) is 8.38. The van der Waals surface area contributed by atoms with Gasteiger partial charge in [-0.3, -0.25) is 4.79 Å². The van der Waals surface area contributed by atoms with E-state index in [9.17, 15) is 4.79 Å². The van der Waals surface area contributed by atoms with Crippen molar-refractivity contribution in [3.63, 3.8) is 0 Å². The third-order valence-corrected chi connectivity index (χ3v) is 5.43. The summed E-state index contributed by atoms with van der Waals surface area (Å²) in [5.41, 5.74) is 0.740. The highest BCUT2D eigenvalue weighted by Gasteiger charge is 2.22. The van der Waals surface area contributed by atoms with Crippen molar-refractivity contribution in [2.24, 2.45) is 0 Å². The van der Waals surface area contributed by atoms with Crippen molar-refractivity contribution in [1.29, 1.82) is 0 Å². The minimum Gasteiger partial charge on any atom is -0.490 e. The maximum Gasteiger partial charge on any atom is 0.263 e. The number of thiocarbonyl (C=S) groups is 1. The molecule has 1 aromatic carbocycles. The molecule has 2 rings (SSSR count). The number of benzene rings is 1. The summed E-state index contributed by atoms with van der Waals surface area (Å²) in [5, 5.41) is 3.46. The summed E-state index contributed by atoms with van der Waals surface area (Å²) in [6, 6.07) is 3.48. The molecule has 7 heteroatoms. The molecule has 1 amide bonds. The Kier molecular flexibility index (Phi) is 8.56. The van der Waals surface area contributed by atoms with E-state index >= 15 is 0 Å². The van der Waals surface area contributed by atoms with Gasteiger partial charge >= 0.3 is 0 Å². The smallest absolute Gasteiger partial charge is 0.263 e. The molecule has 1 fully saturated rings. The van der Waals surface area contributed by atoms with Crippen LogP contribution >= 0.6 is 47.2 Å². The van der Waals surface area contributed by atoms with Gasteiger partial charge in [-0.2, -0.15) is 0 Å². The number of carbonyl (C=O) groups excluding carboxylic acids is 1. The van der Waals surface area contributed by atoms with Gasteiger partial charge in [-0.25, -0.2) is 0 Å². The average Bonchev–Trinajstić information content (AvgIpc) is 2.86. The molecule has 0 aliphatic carbocycles.